The van der Waals surface area contributed by atoms with Crippen molar-refractivity contribution in [2.75, 3.05) is 33.2 Å². The van der Waals surface area contributed by atoms with E-state index in [2.05, 4.69) is 5.32 Å². The van der Waals surface area contributed by atoms with Crippen molar-refractivity contribution in [2.45, 2.75) is 13.0 Å². The molecule has 21 heavy (non-hydrogen) atoms. The lowest BCUT2D eigenvalue weighted by Gasteiger charge is -2.31. The van der Waals surface area contributed by atoms with Crippen LogP contribution in [0.1, 0.15) is 18.5 Å². The summed E-state index contributed by atoms with van der Waals surface area (Å²) in [5.41, 5.74) is 0.992. The Morgan fingerprint density at radius 1 is 1.48 bits per heavy atom. The van der Waals surface area contributed by atoms with Crippen molar-refractivity contribution in [2.24, 2.45) is 0 Å². The number of hydrogen-bond donors (Lipinski definition) is 1. The third-order valence-electron chi connectivity index (χ3n) is 3.79. The van der Waals surface area contributed by atoms with E-state index < -0.39 is 0 Å². The summed E-state index contributed by atoms with van der Waals surface area (Å²) in [5.74, 6) is -0.136. The van der Waals surface area contributed by atoms with Gasteiger partial charge in [-0.1, -0.05) is 29.8 Å². The maximum absolute atomic E-state index is 12.2. The van der Waals surface area contributed by atoms with E-state index in [1.807, 2.05) is 43.1 Å². The SMILES string of the molecule is C[C@H](c1ccccc1Cl)N(C)CC(=O)N1CCNC(=O)C1. The maximum atomic E-state index is 12.2. The summed E-state index contributed by atoms with van der Waals surface area (Å²) in [5, 5.41) is 3.41. The number of benzene rings is 1. The standard InChI is InChI=1S/C15H20ClN3O2/c1-11(12-5-3-4-6-13(12)16)18(2)10-15(21)19-8-7-17-14(20)9-19/h3-6,11H,7-10H2,1-2H3,(H,17,20)/t11-/m1/s1. The first-order valence-electron chi connectivity index (χ1n) is 6.98. The Morgan fingerprint density at radius 2 is 2.19 bits per heavy atom. The van der Waals surface area contributed by atoms with Crippen molar-refractivity contribution in [3.8, 4) is 0 Å². The number of nitrogens with one attached hydrogen (secondary N) is 1. The van der Waals surface area contributed by atoms with Crippen LogP contribution in [0, 0.1) is 0 Å². The van der Waals surface area contributed by atoms with Crippen LogP contribution in [0.15, 0.2) is 24.3 Å². The molecule has 1 N–H and O–H groups in total. The molecule has 1 heterocycles. The van der Waals surface area contributed by atoms with Crippen molar-refractivity contribution in [1.29, 1.82) is 0 Å². The Morgan fingerprint density at radius 3 is 2.86 bits per heavy atom. The monoisotopic (exact) mass is 309 g/mol. The van der Waals surface area contributed by atoms with Crippen LogP contribution in [-0.2, 0) is 9.59 Å². The van der Waals surface area contributed by atoms with E-state index in [-0.39, 0.29) is 30.9 Å². The third kappa shape index (κ3) is 3.95. The first-order valence-corrected chi connectivity index (χ1v) is 7.36. The van der Waals surface area contributed by atoms with Gasteiger partial charge < -0.3 is 10.2 Å². The van der Waals surface area contributed by atoms with Gasteiger partial charge in [0.15, 0.2) is 0 Å². The van der Waals surface area contributed by atoms with Gasteiger partial charge in [0.2, 0.25) is 11.8 Å². The highest BCUT2D eigenvalue weighted by molar-refractivity contribution is 6.31. The van der Waals surface area contributed by atoms with Crippen molar-refractivity contribution in [3.63, 3.8) is 0 Å². The Hall–Kier alpha value is -1.59. The second-order valence-electron chi connectivity index (χ2n) is 5.28. The molecule has 0 bridgehead atoms. The normalized spacial score (nSPS) is 16.8. The van der Waals surface area contributed by atoms with E-state index in [9.17, 15) is 9.59 Å². The molecule has 1 saturated heterocycles. The van der Waals surface area contributed by atoms with Gasteiger partial charge in [-0.15, -0.1) is 0 Å². The minimum Gasteiger partial charge on any atom is -0.353 e. The van der Waals surface area contributed by atoms with E-state index in [0.29, 0.717) is 18.1 Å². The molecular weight excluding hydrogens is 290 g/mol. The Labute approximate surface area is 129 Å². The number of rotatable bonds is 4. The van der Waals surface area contributed by atoms with Crippen LogP contribution in [0.3, 0.4) is 0 Å². The highest BCUT2D eigenvalue weighted by Crippen LogP contribution is 2.25. The lowest BCUT2D eigenvalue weighted by atomic mass is 10.1. The fraction of sp³-hybridized carbons (Fsp3) is 0.467. The summed E-state index contributed by atoms with van der Waals surface area (Å²) in [6, 6.07) is 7.65. The summed E-state index contributed by atoms with van der Waals surface area (Å²) in [7, 11) is 1.88. The lowest BCUT2D eigenvalue weighted by molar-refractivity contribution is -0.139. The van der Waals surface area contributed by atoms with Gasteiger partial charge in [0.05, 0.1) is 13.1 Å². The second kappa shape index (κ2) is 6.91. The number of carbonyl (C=O) groups is 2. The Bertz CT molecular complexity index is 535. The van der Waals surface area contributed by atoms with E-state index in [1.165, 1.54) is 0 Å². The molecule has 0 aliphatic carbocycles. The predicted octanol–water partition coefficient (Wildman–Crippen LogP) is 1.29. The molecule has 1 atom stereocenters. The molecule has 1 aromatic rings. The van der Waals surface area contributed by atoms with Crippen LogP contribution in [0.4, 0.5) is 0 Å². The number of halogens is 1. The Balaban J connectivity index is 1.97. The molecule has 0 unspecified atom stereocenters. The van der Waals surface area contributed by atoms with Gasteiger partial charge in [-0.05, 0) is 25.6 Å². The zero-order valence-electron chi connectivity index (χ0n) is 12.3. The third-order valence-corrected chi connectivity index (χ3v) is 4.14. The lowest BCUT2D eigenvalue weighted by Crippen LogP contribution is -2.52. The quantitative estimate of drug-likeness (QED) is 0.912. The molecule has 5 nitrogen and oxygen atoms in total. The summed E-state index contributed by atoms with van der Waals surface area (Å²) < 4.78 is 0. The number of nitrogens with zero attached hydrogens (tertiary/aromatic N) is 2. The summed E-state index contributed by atoms with van der Waals surface area (Å²) >= 11 is 6.19. The molecule has 1 aliphatic heterocycles. The fourth-order valence-corrected chi connectivity index (χ4v) is 2.65. The van der Waals surface area contributed by atoms with Crippen LogP contribution in [0.2, 0.25) is 5.02 Å². The van der Waals surface area contributed by atoms with E-state index in [4.69, 9.17) is 11.6 Å². The number of carbonyl (C=O) groups excluding carboxylic acids is 2. The first kappa shape index (κ1) is 15.8. The van der Waals surface area contributed by atoms with Crippen LogP contribution < -0.4 is 5.32 Å². The summed E-state index contributed by atoms with van der Waals surface area (Å²) in [4.78, 5) is 27.1. The van der Waals surface area contributed by atoms with Gasteiger partial charge in [-0.25, -0.2) is 0 Å². The van der Waals surface area contributed by atoms with Crippen molar-refractivity contribution >= 4 is 23.4 Å². The molecule has 1 aliphatic rings. The smallest absolute Gasteiger partial charge is 0.239 e. The minimum atomic E-state index is -0.101. The summed E-state index contributed by atoms with van der Waals surface area (Å²) in [6.45, 7) is 3.51. The molecular formula is C15H20ClN3O2. The van der Waals surface area contributed by atoms with E-state index in [1.54, 1.807) is 4.90 Å². The highest BCUT2D eigenvalue weighted by Gasteiger charge is 2.24. The van der Waals surface area contributed by atoms with Crippen LogP contribution in [0.25, 0.3) is 0 Å². The average molecular weight is 310 g/mol. The van der Waals surface area contributed by atoms with Gasteiger partial charge >= 0.3 is 0 Å². The molecule has 0 radical (unpaired) electrons. The zero-order chi connectivity index (χ0) is 15.4. The summed E-state index contributed by atoms with van der Waals surface area (Å²) in [6.07, 6.45) is 0. The van der Waals surface area contributed by atoms with Gasteiger partial charge in [0.1, 0.15) is 0 Å². The van der Waals surface area contributed by atoms with Gasteiger partial charge in [-0.3, -0.25) is 14.5 Å². The maximum Gasteiger partial charge on any atom is 0.239 e. The molecule has 1 aromatic carbocycles. The fourth-order valence-electron chi connectivity index (χ4n) is 2.35. The molecule has 6 heteroatoms. The van der Waals surface area contributed by atoms with Gasteiger partial charge in [-0.2, -0.15) is 0 Å². The Kier molecular flexibility index (Phi) is 5.20. The minimum absolute atomic E-state index is 0.0290. The first-order chi connectivity index (χ1) is 9.99. The van der Waals surface area contributed by atoms with Crippen molar-refractivity contribution in [3.05, 3.63) is 34.9 Å². The number of piperazine rings is 1. The second-order valence-corrected chi connectivity index (χ2v) is 5.69. The van der Waals surface area contributed by atoms with Crippen molar-refractivity contribution < 1.29 is 9.59 Å². The molecule has 0 aromatic heterocycles. The molecule has 114 valence electrons. The van der Waals surface area contributed by atoms with E-state index in [0.717, 1.165) is 5.56 Å². The van der Waals surface area contributed by atoms with E-state index >= 15 is 0 Å². The number of hydrogen-bond acceptors (Lipinski definition) is 3. The van der Waals surface area contributed by atoms with Gasteiger partial charge in [0.25, 0.3) is 0 Å². The highest BCUT2D eigenvalue weighted by atomic mass is 35.5. The molecule has 2 amide bonds. The zero-order valence-corrected chi connectivity index (χ0v) is 13.1. The average Bonchev–Trinajstić information content (AvgIpc) is 2.47. The topological polar surface area (TPSA) is 52.7 Å². The number of amides is 2. The van der Waals surface area contributed by atoms with Gasteiger partial charge in [0, 0.05) is 24.2 Å². The van der Waals surface area contributed by atoms with Crippen LogP contribution in [0.5, 0.6) is 0 Å². The molecule has 2 rings (SSSR count). The number of likely N-dealkylation sites (N-methyl/N-ethyl adjacent to an activating group) is 1. The van der Waals surface area contributed by atoms with Crippen LogP contribution >= 0.6 is 11.6 Å². The largest absolute Gasteiger partial charge is 0.353 e. The molecule has 0 spiro atoms. The molecule has 1 fully saturated rings. The molecule has 0 saturated carbocycles. The predicted molar refractivity (Wildman–Crippen MR) is 82.1 cm³/mol. The van der Waals surface area contributed by atoms with Crippen molar-refractivity contribution in [1.82, 2.24) is 15.1 Å². The van der Waals surface area contributed by atoms with Crippen LogP contribution in [-0.4, -0.2) is 54.8 Å².